The molecule has 19 heavy (non-hydrogen) atoms. The minimum absolute atomic E-state index is 0.412. The largest absolute Gasteiger partial charge is 0.312 e. The van der Waals surface area contributed by atoms with Gasteiger partial charge in [0.2, 0.25) is 0 Å². The van der Waals surface area contributed by atoms with Crippen molar-refractivity contribution in [3.63, 3.8) is 0 Å². The minimum Gasteiger partial charge on any atom is -0.312 e. The molecule has 1 saturated heterocycles. The number of likely N-dealkylation sites (tertiary alicyclic amines) is 1. The monoisotopic (exact) mass is 284 g/mol. The highest BCUT2D eigenvalue weighted by Gasteiger charge is 2.28. The molecule has 0 aromatic carbocycles. The van der Waals surface area contributed by atoms with Crippen molar-refractivity contribution in [1.82, 2.24) is 20.0 Å². The average molecular weight is 285 g/mol. The van der Waals surface area contributed by atoms with Gasteiger partial charge in [0.1, 0.15) is 5.15 Å². The van der Waals surface area contributed by atoms with E-state index in [0.29, 0.717) is 5.41 Å². The van der Waals surface area contributed by atoms with Gasteiger partial charge >= 0.3 is 0 Å². The molecule has 0 bridgehead atoms. The van der Waals surface area contributed by atoms with Gasteiger partial charge in [0.15, 0.2) is 0 Å². The van der Waals surface area contributed by atoms with Crippen LogP contribution in [0.5, 0.6) is 0 Å². The fourth-order valence-electron chi connectivity index (χ4n) is 2.70. The van der Waals surface area contributed by atoms with Crippen LogP contribution < -0.4 is 5.32 Å². The van der Waals surface area contributed by atoms with Gasteiger partial charge in [-0.05, 0) is 45.3 Å². The van der Waals surface area contributed by atoms with Gasteiger partial charge in [0, 0.05) is 25.7 Å². The molecule has 1 aliphatic rings. The third-order valence-corrected chi connectivity index (χ3v) is 4.79. The molecule has 1 aromatic heterocycles. The Balaban J connectivity index is 1.86. The smallest absolute Gasteiger partial charge is 0.131 e. The van der Waals surface area contributed by atoms with Gasteiger partial charge in [-0.1, -0.05) is 18.5 Å². The van der Waals surface area contributed by atoms with Crippen LogP contribution in [-0.4, -0.2) is 41.4 Å². The van der Waals surface area contributed by atoms with E-state index >= 15 is 0 Å². The Hall–Kier alpha value is -0.580. The number of piperidine rings is 1. The van der Waals surface area contributed by atoms with Crippen LogP contribution in [-0.2, 0) is 13.6 Å². The SMILES string of the molecule is Cc1nn(C)c(Cl)c1CNCC1(C)CCN(C)CC1. The third-order valence-electron chi connectivity index (χ3n) is 4.32. The van der Waals surface area contributed by atoms with Crippen LogP contribution in [0.1, 0.15) is 31.0 Å². The lowest BCUT2D eigenvalue weighted by Crippen LogP contribution is -2.41. The van der Waals surface area contributed by atoms with Crippen molar-refractivity contribution < 1.29 is 0 Å². The highest BCUT2D eigenvalue weighted by Crippen LogP contribution is 2.29. The second kappa shape index (κ2) is 5.81. The quantitative estimate of drug-likeness (QED) is 0.920. The van der Waals surface area contributed by atoms with Crippen LogP contribution in [0, 0.1) is 12.3 Å². The summed E-state index contributed by atoms with van der Waals surface area (Å²) in [5.41, 5.74) is 2.56. The Bertz CT molecular complexity index is 433. The molecule has 0 spiro atoms. The van der Waals surface area contributed by atoms with E-state index in [0.717, 1.165) is 29.5 Å². The van der Waals surface area contributed by atoms with Gasteiger partial charge in [0.05, 0.1) is 5.69 Å². The zero-order valence-corrected chi connectivity index (χ0v) is 13.2. The lowest BCUT2D eigenvalue weighted by atomic mass is 9.80. The summed E-state index contributed by atoms with van der Waals surface area (Å²) in [6, 6.07) is 0. The molecule has 1 aliphatic heterocycles. The molecule has 0 aliphatic carbocycles. The Morgan fingerprint density at radius 3 is 2.47 bits per heavy atom. The van der Waals surface area contributed by atoms with Crippen molar-refractivity contribution in [2.75, 3.05) is 26.7 Å². The van der Waals surface area contributed by atoms with Gasteiger partial charge in [-0.3, -0.25) is 4.68 Å². The van der Waals surface area contributed by atoms with E-state index < -0.39 is 0 Å². The summed E-state index contributed by atoms with van der Waals surface area (Å²) in [5, 5.41) is 8.66. The number of rotatable bonds is 4. The fourth-order valence-corrected chi connectivity index (χ4v) is 2.94. The number of aromatic nitrogens is 2. The van der Waals surface area contributed by atoms with Crippen LogP contribution in [0.15, 0.2) is 0 Å². The number of nitrogens with zero attached hydrogens (tertiary/aromatic N) is 3. The molecule has 5 heteroatoms. The van der Waals surface area contributed by atoms with Crippen LogP contribution >= 0.6 is 11.6 Å². The van der Waals surface area contributed by atoms with Crippen LogP contribution in [0.25, 0.3) is 0 Å². The summed E-state index contributed by atoms with van der Waals surface area (Å²) in [4.78, 5) is 2.41. The molecule has 2 heterocycles. The van der Waals surface area contributed by atoms with Gasteiger partial charge in [-0.2, -0.15) is 5.10 Å². The highest BCUT2D eigenvalue weighted by molar-refractivity contribution is 6.30. The summed E-state index contributed by atoms with van der Waals surface area (Å²) in [7, 11) is 4.09. The predicted molar refractivity (Wildman–Crippen MR) is 79.5 cm³/mol. The second-order valence-electron chi connectivity index (χ2n) is 6.20. The first-order chi connectivity index (χ1) is 8.91. The molecular weight excluding hydrogens is 260 g/mol. The van der Waals surface area contributed by atoms with Crippen LogP contribution in [0.3, 0.4) is 0 Å². The normalized spacial score (nSPS) is 19.8. The standard InChI is InChI=1S/C14H25ClN4/c1-11-12(13(15)19(4)17-11)9-16-10-14(2)5-7-18(3)8-6-14/h16H,5-10H2,1-4H3. The molecule has 0 saturated carbocycles. The maximum Gasteiger partial charge on any atom is 0.131 e. The Labute approximate surface area is 121 Å². The van der Waals surface area contributed by atoms with Crippen molar-refractivity contribution in [3.8, 4) is 0 Å². The van der Waals surface area contributed by atoms with Gasteiger partial charge in [-0.15, -0.1) is 0 Å². The third kappa shape index (κ3) is 3.50. The summed E-state index contributed by atoms with van der Waals surface area (Å²) in [6.45, 7) is 8.65. The predicted octanol–water partition coefficient (Wildman–Crippen LogP) is 2.20. The van der Waals surface area contributed by atoms with Crippen LogP contribution in [0.2, 0.25) is 5.15 Å². The lowest BCUT2D eigenvalue weighted by molar-refractivity contribution is 0.137. The van der Waals surface area contributed by atoms with Crippen molar-refractivity contribution >= 4 is 11.6 Å². The molecule has 1 N–H and O–H groups in total. The van der Waals surface area contributed by atoms with Crippen molar-refractivity contribution in [2.45, 2.75) is 33.2 Å². The summed E-state index contributed by atoms with van der Waals surface area (Å²) >= 11 is 6.24. The van der Waals surface area contributed by atoms with E-state index in [1.807, 2.05) is 14.0 Å². The lowest BCUT2D eigenvalue weighted by Gasteiger charge is -2.38. The van der Waals surface area contributed by atoms with E-state index in [1.54, 1.807) is 4.68 Å². The first-order valence-electron chi connectivity index (χ1n) is 6.98. The first-order valence-corrected chi connectivity index (χ1v) is 7.36. The van der Waals surface area contributed by atoms with Gasteiger partial charge in [-0.25, -0.2) is 0 Å². The van der Waals surface area contributed by atoms with E-state index in [-0.39, 0.29) is 0 Å². The van der Waals surface area contributed by atoms with E-state index in [1.165, 1.54) is 25.9 Å². The molecule has 0 amide bonds. The molecule has 1 fully saturated rings. The Morgan fingerprint density at radius 1 is 1.32 bits per heavy atom. The molecule has 4 nitrogen and oxygen atoms in total. The van der Waals surface area contributed by atoms with Crippen molar-refractivity contribution in [1.29, 1.82) is 0 Å². The summed E-state index contributed by atoms with van der Waals surface area (Å²) in [6.07, 6.45) is 2.52. The van der Waals surface area contributed by atoms with Gasteiger partial charge < -0.3 is 10.2 Å². The van der Waals surface area contributed by atoms with Crippen molar-refractivity contribution in [3.05, 3.63) is 16.4 Å². The zero-order chi connectivity index (χ0) is 14.0. The summed E-state index contributed by atoms with van der Waals surface area (Å²) in [5.74, 6) is 0. The molecular formula is C14H25ClN4. The molecule has 2 rings (SSSR count). The molecule has 0 unspecified atom stereocenters. The number of aryl methyl sites for hydroxylation is 2. The molecule has 0 radical (unpaired) electrons. The zero-order valence-electron chi connectivity index (χ0n) is 12.5. The molecule has 1 aromatic rings. The van der Waals surface area contributed by atoms with E-state index in [2.05, 4.69) is 29.3 Å². The topological polar surface area (TPSA) is 33.1 Å². The fraction of sp³-hybridized carbons (Fsp3) is 0.786. The van der Waals surface area contributed by atoms with Crippen LogP contribution in [0.4, 0.5) is 0 Å². The van der Waals surface area contributed by atoms with E-state index in [9.17, 15) is 0 Å². The van der Waals surface area contributed by atoms with Crippen molar-refractivity contribution in [2.24, 2.45) is 12.5 Å². The minimum atomic E-state index is 0.412. The average Bonchev–Trinajstić information content (AvgIpc) is 2.60. The molecule has 0 atom stereocenters. The number of hydrogen-bond donors (Lipinski definition) is 1. The Morgan fingerprint density at radius 2 is 1.95 bits per heavy atom. The maximum absolute atomic E-state index is 6.24. The maximum atomic E-state index is 6.24. The van der Waals surface area contributed by atoms with Gasteiger partial charge in [0.25, 0.3) is 0 Å². The number of nitrogens with one attached hydrogen (secondary N) is 1. The number of hydrogen-bond acceptors (Lipinski definition) is 3. The molecule has 108 valence electrons. The highest BCUT2D eigenvalue weighted by atomic mass is 35.5. The van der Waals surface area contributed by atoms with E-state index in [4.69, 9.17) is 11.6 Å². The number of halogens is 1. The Kier molecular flexibility index (Phi) is 4.54. The first kappa shape index (κ1) is 14.8. The second-order valence-corrected chi connectivity index (χ2v) is 6.55. The summed E-state index contributed by atoms with van der Waals surface area (Å²) < 4.78 is 1.74.